The van der Waals surface area contributed by atoms with Gasteiger partial charge in [-0.3, -0.25) is 4.79 Å². The number of nitrogen functional groups attached to an aromatic ring is 1. The van der Waals surface area contributed by atoms with Crippen LogP contribution in [0.5, 0.6) is 0 Å². The molecule has 0 aliphatic rings. The fourth-order valence-corrected chi connectivity index (χ4v) is 4.28. The average Bonchev–Trinajstić information content (AvgIpc) is 3.07. The van der Waals surface area contributed by atoms with E-state index in [1.165, 1.54) is 0 Å². The number of rotatable bonds is 8. The van der Waals surface area contributed by atoms with Crippen molar-refractivity contribution in [2.45, 2.75) is 32.4 Å². The van der Waals surface area contributed by atoms with Crippen LogP contribution in [0.1, 0.15) is 38.3 Å². The smallest absolute Gasteiger partial charge is 0.244 e. The standard InChI is InChI=1S/C22H25N3O4S/c1-4-12-29-20(14-26)21(16-8-6-5-7-9-16)17-10-11-18-19(13-17)25(22(23)24-18)30(27,28)15(2)3/h5-11,13-15H,4,12H2,1-3H3,(H2,23,24). The summed E-state index contributed by atoms with van der Waals surface area (Å²) in [6, 6.07) is 14.5. The third-order valence-corrected chi connectivity index (χ3v) is 6.74. The lowest BCUT2D eigenvalue weighted by atomic mass is 9.96. The van der Waals surface area contributed by atoms with Gasteiger partial charge in [0.25, 0.3) is 0 Å². The van der Waals surface area contributed by atoms with E-state index >= 15 is 0 Å². The van der Waals surface area contributed by atoms with E-state index in [1.807, 2.05) is 37.3 Å². The van der Waals surface area contributed by atoms with Crippen LogP contribution in [0.3, 0.4) is 0 Å². The Hall–Kier alpha value is -3.13. The van der Waals surface area contributed by atoms with E-state index in [1.54, 1.807) is 32.0 Å². The molecule has 0 bridgehead atoms. The number of benzene rings is 2. The third-order valence-electron chi connectivity index (χ3n) is 4.65. The maximum atomic E-state index is 12.9. The van der Waals surface area contributed by atoms with Crippen molar-refractivity contribution in [3.05, 3.63) is 65.4 Å². The normalized spacial score (nSPS) is 12.8. The quantitative estimate of drug-likeness (QED) is 0.335. The van der Waals surface area contributed by atoms with Gasteiger partial charge in [-0.05, 0) is 43.5 Å². The van der Waals surface area contributed by atoms with Crippen LogP contribution < -0.4 is 5.73 Å². The van der Waals surface area contributed by atoms with E-state index in [-0.39, 0.29) is 11.7 Å². The number of carbonyl (C=O) groups excluding carboxylic acids is 1. The molecular weight excluding hydrogens is 402 g/mol. The predicted molar refractivity (Wildman–Crippen MR) is 118 cm³/mol. The van der Waals surface area contributed by atoms with Gasteiger partial charge in [-0.1, -0.05) is 43.3 Å². The summed E-state index contributed by atoms with van der Waals surface area (Å²) in [4.78, 5) is 16.1. The SMILES string of the molecule is CCCOC(C=O)=C(c1ccccc1)c1ccc2nc(N)n(S(=O)(=O)C(C)C)c2c1. The molecule has 0 fully saturated rings. The largest absolute Gasteiger partial charge is 0.489 e. The minimum absolute atomic E-state index is 0.0982. The Morgan fingerprint density at radius 3 is 2.47 bits per heavy atom. The molecule has 8 heteroatoms. The first kappa shape index (κ1) is 21.6. The first-order valence-electron chi connectivity index (χ1n) is 9.71. The first-order chi connectivity index (χ1) is 14.3. The zero-order chi connectivity index (χ0) is 21.9. The molecule has 0 amide bonds. The van der Waals surface area contributed by atoms with Gasteiger partial charge >= 0.3 is 0 Å². The van der Waals surface area contributed by atoms with Crippen molar-refractivity contribution in [2.24, 2.45) is 0 Å². The van der Waals surface area contributed by atoms with Crippen LogP contribution in [0.4, 0.5) is 5.95 Å². The number of carbonyl (C=O) groups is 1. The number of anilines is 1. The van der Waals surface area contributed by atoms with Crippen molar-refractivity contribution in [1.29, 1.82) is 0 Å². The number of nitrogens with two attached hydrogens (primary N) is 1. The lowest BCUT2D eigenvalue weighted by Crippen LogP contribution is -2.23. The number of aldehydes is 1. The van der Waals surface area contributed by atoms with Gasteiger partial charge in [0.1, 0.15) is 0 Å². The predicted octanol–water partition coefficient (Wildman–Crippen LogP) is 3.59. The van der Waals surface area contributed by atoms with Gasteiger partial charge in [-0.15, -0.1) is 0 Å². The molecule has 3 aromatic rings. The van der Waals surface area contributed by atoms with Crippen LogP contribution in [0, 0.1) is 0 Å². The Morgan fingerprint density at radius 1 is 1.17 bits per heavy atom. The fourth-order valence-electron chi connectivity index (χ4n) is 3.14. The zero-order valence-electron chi connectivity index (χ0n) is 17.2. The molecule has 1 heterocycles. The first-order valence-corrected chi connectivity index (χ1v) is 11.2. The van der Waals surface area contributed by atoms with Gasteiger partial charge in [0.05, 0.1) is 22.9 Å². The number of fused-ring (bicyclic) bond motifs is 1. The van der Waals surface area contributed by atoms with Crippen LogP contribution in [0.25, 0.3) is 16.6 Å². The summed E-state index contributed by atoms with van der Waals surface area (Å²) in [5, 5.41) is -0.677. The monoisotopic (exact) mass is 427 g/mol. The maximum Gasteiger partial charge on any atom is 0.244 e. The summed E-state index contributed by atoms with van der Waals surface area (Å²) in [6.45, 7) is 5.51. The summed E-state index contributed by atoms with van der Waals surface area (Å²) in [5.41, 5.74) is 8.74. The molecule has 158 valence electrons. The van der Waals surface area contributed by atoms with Crippen LogP contribution in [-0.2, 0) is 19.6 Å². The highest BCUT2D eigenvalue weighted by molar-refractivity contribution is 7.90. The Bertz CT molecular complexity index is 1200. The molecule has 1 aromatic heterocycles. The van der Waals surface area contributed by atoms with E-state index in [9.17, 15) is 13.2 Å². The molecule has 0 aliphatic heterocycles. The minimum Gasteiger partial charge on any atom is -0.489 e. The van der Waals surface area contributed by atoms with Gasteiger partial charge in [0.15, 0.2) is 12.0 Å². The Labute approximate surface area is 176 Å². The summed E-state index contributed by atoms with van der Waals surface area (Å²) < 4.78 is 32.5. The van der Waals surface area contributed by atoms with Gasteiger partial charge < -0.3 is 10.5 Å². The Kier molecular flexibility index (Phi) is 6.26. The highest BCUT2D eigenvalue weighted by Gasteiger charge is 2.25. The molecule has 2 N–H and O–H groups in total. The van der Waals surface area contributed by atoms with Gasteiger partial charge in [-0.2, -0.15) is 0 Å². The molecule has 0 atom stereocenters. The van der Waals surface area contributed by atoms with Crippen LogP contribution >= 0.6 is 0 Å². The summed E-state index contributed by atoms with van der Waals surface area (Å²) in [7, 11) is -3.73. The van der Waals surface area contributed by atoms with E-state index < -0.39 is 15.3 Å². The molecule has 3 rings (SSSR count). The van der Waals surface area contributed by atoms with Crippen LogP contribution in [0.15, 0.2) is 54.3 Å². The number of allylic oxidation sites excluding steroid dienone is 1. The van der Waals surface area contributed by atoms with Crippen molar-refractivity contribution in [3.8, 4) is 0 Å². The second-order valence-corrected chi connectivity index (χ2v) is 9.44. The molecule has 0 saturated heterocycles. The molecule has 0 unspecified atom stereocenters. The van der Waals surface area contributed by atoms with Gasteiger partial charge in [0.2, 0.25) is 16.0 Å². The number of aromatic nitrogens is 2. The lowest BCUT2D eigenvalue weighted by Gasteiger charge is -2.15. The second-order valence-electron chi connectivity index (χ2n) is 7.10. The number of hydrogen-bond donors (Lipinski definition) is 1. The number of imidazole rings is 1. The topological polar surface area (TPSA) is 104 Å². The van der Waals surface area contributed by atoms with E-state index in [0.717, 1.165) is 16.0 Å². The average molecular weight is 428 g/mol. The highest BCUT2D eigenvalue weighted by Crippen LogP contribution is 2.31. The molecule has 0 radical (unpaired) electrons. The van der Waals surface area contributed by atoms with E-state index in [0.29, 0.717) is 35.1 Å². The zero-order valence-corrected chi connectivity index (χ0v) is 18.0. The van der Waals surface area contributed by atoms with Gasteiger partial charge in [-0.25, -0.2) is 17.4 Å². The summed E-state index contributed by atoms with van der Waals surface area (Å²) in [6.07, 6.45) is 1.42. The lowest BCUT2D eigenvalue weighted by molar-refractivity contribution is -0.107. The summed E-state index contributed by atoms with van der Waals surface area (Å²) >= 11 is 0. The van der Waals surface area contributed by atoms with Crippen molar-refractivity contribution >= 4 is 38.9 Å². The number of nitrogens with zero attached hydrogens (tertiary/aromatic N) is 2. The van der Waals surface area contributed by atoms with Crippen LogP contribution in [-0.4, -0.2) is 35.5 Å². The Balaban J connectivity index is 2.31. The van der Waals surface area contributed by atoms with Crippen molar-refractivity contribution in [3.63, 3.8) is 0 Å². The minimum atomic E-state index is -3.73. The molecule has 30 heavy (non-hydrogen) atoms. The van der Waals surface area contributed by atoms with E-state index in [4.69, 9.17) is 10.5 Å². The number of ether oxygens (including phenoxy) is 1. The molecular formula is C22H25N3O4S. The number of hydrogen-bond acceptors (Lipinski definition) is 6. The van der Waals surface area contributed by atoms with Crippen molar-refractivity contribution in [2.75, 3.05) is 12.3 Å². The molecule has 2 aromatic carbocycles. The second kappa shape index (κ2) is 8.71. The Morgan fingerprint density at radius 2 is 1.87 bits per heavy atom. The summed E-state index contributed by atoms with van der Waals surface area (Å²) in [5.74, 6) is 0.0899. The highest BCUT2D eigenvalue weighted by atomic mass is 32.2. The molecule has 0 saturated carbocycles. The van der Waals surface area contributed by atoms with Crippen molar-refractivity contribution in [1.82, 2.24) is 8.96 Å². The van der Waals surface area contributed by atoms with Crippen LogP contribution in [0.2, 0.25) is 0 Å². The van der Waals surface area contributed by atoms with Gasteiger partial charge in [0, 0.05) is 5.57 Å². The molecule has 7 nitrogen and oxygen atoms in total. The fraction of sp³-hybridized carbons (Fsp3) is 0.273. The molecule has 0 aliphatic carbocycles. The third kappa shape index (κ3) is 3.95. The van der Waals surface area contributed by atoms with Crippen molar-refractivity contribution < 1.29 is 17.9 Å². The maximum absolute atomic E-state index is 12.9. The molecule has 0 spiro atoms. The van der Waals surface area contributed by atoms with E-state index in [2.05, 4.69) is 4.98 Å².